The zero-order valence-electron chi connectivity index (χ0n) is 14.1. The molecule has 0 aliphatic carbocycles. The number of hydrogen-bond acceptors (Lipinski definition) is 3. The molecule has 2 aromatic rings. The van der Waals surface area contributed by atoms with Crippen LogP contribution in [0.1, 0.15) is 12.5 Å². The van der Waals surface area contributed by atoms with Crippen LogP contribution in [0.2, 0.25) is 10.0 Å². The summed E-state index contributed by atoms with van der Waals surface area (Å²) in [6.45, 7) is 0.983. The lowest BCUT2D eigenvalue weighted by Crippen LogP contribution is -2.42. The van der Waals surface area contributed by atoms with Crippen molar-refractivity contribution in [3.05, 3.63) is 63.9 Å². The van der Waals surface area contributed by atoms with E-state index in [1.165, 1.54) is 43.3 Å². The molecule has 0 saturated carbocycles. The Morgan fingerprint density at radius 1 is 1.19 bits per heavy atom. The first-order chi connectivity index (χ1) is 12.7. The highest BCUT2D eigenvalue weighted by atomic mass is 35.5. The van der Waals surface area contributed by atoms with Gasteiger partial charge in [0, 0.05) is 5.02 Å². The Morgan fingerprint density at radius 3 is 2.52 bits per heavy atom. The van der Waals surface area contributed by atoms with Crippen LogP contribution in [-0.4, -0.2) is 29.3 Å². The highest BCUT2D eigenvalue weighted by Crippen LogP contribution is 2.29. The van der Waals surface area contributed by atoms with Gasteiger partial charge in [-0.05, 0) is 42.8 Å². The second-order valence-corrected chi connectivity index (χ2v) is 6.97. The number of nitrogens with one attached hydrogen (secondary N) is 2. The first-order valence-corrected chi connectivity index (χ1v) is 8.61. The Morgan fingerprint density at radius 2 is 1.85 bits per heavy atom. The van der Waals surface area contributed by atoms with Crippen LogP contribution < -0.4 is 10.6 Å². The van der Waals surface area contributed by atoms with E-state index in [2.05, 4.69) is 10.6 Å². The quantitative estimate of drug-likeness (QED) is 0.757. The predicted octanol–water partition coefficient (Wildman–Crippen LogP) is 3.54. The summed E-state index contributed by atoms with van der Waals surface area (Å²) in [5.41, 5.74) is -0.718. The van der Waals surface area contributed by atoms with Crippen molar-refractivity contribution >= 4 is 46.7 Å². The number of benzene rings is 2. The van der Waals surface area contributed by atoms with Gasteiger partial charge in [0.2, 0.25) is 5.91 Å². The van der Waals surface area contributed by atoms with Crippen LogP contribution in [0.4, 0.5) is 14.9 Å². The van der Waals surface area contributed by atoms with Gasteiger partial charge in [-0.25, -0.2) is 9.18 Å². The van der Waals surface area contributed by atoms with E-state index in [0.717, 1.165) is 4.90 Å². The molecule has 6 nitrogen and oxygen atoms in total. The van der Waals surface area contributed by atoms with Gasteiger partial charge >= 0.3 is 6.03 Å². The summed E-state index contributed by atoms with van der Waals surface area (Å²) in [4.78, 5) is 38.1. The number of amides is 4. The van der Waals surface area contributed by atoms with Gasteiger partial charge < -0.3 is 10.6 Å². The van der Waals surface area contributed by atoms with Crippen molar-refractivity contribution in [1.29, 1.82) is 0 Å². The first kappa shape index (κ1) is 19.1. The van der Waals surface area contributed by atoms with E-state index < -0.39 is 35.7 Å². The van der Waals surface area contributed by atoms with Gasteiger partial charge in [0.1, 0.15) is 17.9 Å². The highest BCUT2D eigenvalue weighted by Gasteiger charge is 2.49. The maximum Gasteiger partial charge on any atom is 0.325 e. The molecule has 0 unspecified atom stereocenters. The standard InChI is InChI=1S/C18H14Cl2FN3O3/c1-18(10-2-5-12(21)6-3-10)16(26)24(17(27)23-18)9-15(25)22-14-8-11(19)4-7-13(14)20/h2-8H,9H2,1H3,(H,22,25)(H,23,27)/t18-/m0/s1. The Labute approximate surface area is 164 Å². The monoisotopic (exact) mass is 409 g/mol. The van der Waals surface area contributed by atoms with Crippen LogP contribution in [0.15, 0.2) is 42.5 Å². The molecule has 27 heavy (non-hydrogen) atoms. The van der Waals surface area contributed by atoms with Crippen LogP contribution in [0.5, 0.6) is 0 Å². The largest absolute Gasteiger partial charge is 0.325 e. The van der Waals surface area contributed by atoms with E-state index in [0.29, 0.717) is 10.6 Å². The van der Waals surface area contributed by atoms with E-state index in [1.54, 1.807) is 6.07 Å². The maximum absolute atomic E-state index is 13.1. The zero-order chi connectivity index (χ0) is 19.8. The topological polar surface area (TPSA) is 78.5 Å². The van der Waals surface area contributed by atoms with Gasteiger partial charge in [-0.2, -0.15) is 0 Å². The molecule has 0 bridgehead atoms. The van der Waals surface area contributed by atoms with Crippen molar-refractivity contribution in [2.45, 2.75) is 12.5 Å². The number of carbonyl (C=O) groups is 3. The van der Waals surface area contributed by atoms with E-state index in [1.807, 2.05) is 0 Å². The number of rotatable bonds is 4. The van der Waals surface area contributed by atoms with Crippen molar-refractivity contribution in [3.63, 3.8) is 0 Å². The summed E-state index contributed by atoms with van der Waals surface area (Å²) in [7, 11) is 0. The van der Waals surface area contributed by atoms with Gasteiger partial charge in [0.05, 0.1) is 10.7 Å². The van der Waals surface area contributed by atoms with E-state index in [-0.39, 0.29) is 10.7 Å². The summed E-state index contributed by atoms with van der Waals surface area (Å²) in [5, 5.41) is 5.69. The predicted molar refractivity (Wildman–Crippen MR) is 99.1 cm³/mol. The molecule has 1 saturated heterocycles. The van der Waals surface area contributed by atoms with Crippen LogP contribution in [0.25, 0.3) is 0 Å². The fourth-order valence-corrected chi connectivity index (χ4v) is 3.08. The Kier molecular flexibility index (Phi) is 5.08. The van der Waals surface area contributed by atoms with Gasteiger partial charge in [-0.15, -0.1) is 0 Å². The summed E-state index contributed by atoms with van der Waals surface area (Å²) in [5.74, 6) is -1.70. The Balaban J connectivity index is 1.76. The fraction of sp³-hybridized carbons (Fsp3) is 0.167. The molecule has 1 aliphatic heterocycles. The van der Waals surface area contributed by atoms with Gasteiger partial charge in [0.15, 0.2) is 0 Å². The summed E-state index contributed by atoms with van der Waals surface area (Å²) < 4.78 is 13.1. The number of halogens is 3. The molecule has 2 N–H and O–H groups in total. The van der Waals surface area contributed by atoms with E-state index in [4.69, 9.17) is 23.2 Å². The fourth-order valence-electron chi connectivity index (χ4n) is 2.75. The van der Waals surface area contributed by atoms with E-state index >= 15 is 0 Å². The van der Waals surface area contributed by atoms with E-state index in [9.17, 15) is 18.8 Å². The smallest absolute Gasteiger partial charge is 0.323 e. The van der Waals surface area contributed by atoms with Crippen LogP contribution >= 0.6 is 23.2 Å². The van der Waals surface area contributed by atoms with Crippen molar-refractivity contribution in [1.82, 2.24) is 10.2 Å². The van der Waals surface area contributed by atoms with Gasteiger partial charge in [0.25, 0.3) is 5.91 Å². The van der Waals surface area contributed by atoms with Crippen LogP contribution in [0, 0.1) is 5.82 Å². The molecule has 0 spiro atoms. The van der Waals surface area contributed by atoms with Crippen molar-refractivity contribution in [2.75, 3.05) is 11.9 Å². The molecule has 1 fully saturated rings. The Bertz CT molecular complexity index is 936. The van der Waals surface area contributed by atoms with Crippen molar-refractivity contribution in [2.24, 2.45) is 0 Å². The molecule has 2 aromatic carbocycles. The summed E-state index contributed by atoms with van der Waals surface area (Å²) >= 11 is 11.9. The first-order valence-electron chi connectivity index (χ1n) is 7.86. The SMILES string of the molecule is C[C@@]1(c2ccc(F)cc2)NC(=O)N(CC(=O)Nc2cc(Cl)ccc2Cl)C1=O. The third-order valence-electron chi connectivity index (χ3n) is 4.20. The second-order valence-electron chi connectivity index (χ2n) is 6.13. The minimum absolute atomic E-state index is 0.265. The summed E-state index contributed by atoms with van der Waals surface area (Å²) in [6.07, 6.45) is 0. The number of imide groups is 1. The zero-order valence-corrected chi connectivity index (χ0v) is 15.6. The molecule has 0 radical (unpaired) electrons. The molecule has 9 heteroatoms. The number of carbonyl (C=O) groups excluding carboxylic acids is 3. The molecule has 1 heterocycles. The lowest BCUT2D eigenvalue weighted by molar-refractivity contribution is -0.133. The van der Waals surface area contributed by atoms with Gasteiger partial charge in [-0.3, -0.25) is 14.5 Å². The lowest BCUT2D eigenvalue weighted by Gasteiger charge is -2.22. The minimum Gasteiger partial charge on any atom is -0.323 e. The normalized spacial score (nSPS) is 19.2. The van der Waals surface area contributed by atoms with Crippen LogP contribution in [0.3, 0.4) is 0 Å². The number of nitrogens with zero attached hydrogens (tertiary/aromatic N) is 1. The molecular weight excluding hydrogens is 396 g/mol. The number of urea groups is 1. The average molecular weight is 410 g/mol. The van der Waals surface area contributed by atoms with Crippen LogP contribution in [-0.2, 0) is 15.1 Å². The molecule has 140 valence electrons. The average Bonchev–Trinajstić information content (AvgIpc) is 2.83. The third kappa shape index (κ3) is 3.74. The summed E-state index contributed by atoms with van der Waals surface area (Å²) in [6, 6.07) is 9.00. The second kappa shape index (κ2) is 7.17. The molecule has 4 amide bonds. The van der Waals surface area contributed by atoms with Crippen molar-refractivity contribution < 1.29 is 18.8 Å². The molecule has 1 atom stereocenters. The van der Waals surface area contributed by atoms with Gasteiger partial charge in [-0.1, -0.05) is 35.3 Å². The van der Waals surface area contributed by atoms with Crippen molar-refractivity contribution in [3.8, 4) is 0 Å². The highest BCUT2D eigenvalue weighted by molar-refractivity contribution is 6.35. The number of anilines is 1. The maximum atomic E-state index is 13.1. The third-order valence-corrected chi connectivity index (χ3v) is 4.77. The number of hydrogen-bond donors (Lipinski definition) is 2. The molecule has 1 aliphatic rings. The lowest BCUT2D eigenvalue weighted by atomic mass is 9.92. The molecule has 3 rings (SSSR count). The molecule has 0 aromatic heterocycles. The molecular formula is C18H14Cl2FN3O3. The minimum atomic E-state index is -1.39. The Hall–Kier alpha value is -2.64.